The van der Waals surface area contributed by atoms with Crippen molar-refractivity contribution in [2.45, 2.75) is 41.0 Å². The van der Waals surface area contributed by atoms with Crippen molar-refractivity contribution in [3.05, 3.63) is 144 Å². The first-order valence-corrected chi connectivity index (χ1v) is 15.8. The van der Waals surface area contributed by atoms with Crippen LogP contribution in [0.2, 0.25) is 0 Å². The summed E-state index contributed by atoms with van der Waals surface area (Å²) in [7, 11) is 0. The molecule has 3 aromatic heterocycles. The third kappa shape index (κ3) is 6.63. The summed E-state index contributed by atoms with van der Waals surface area (Å²) in [5.74, 6) is 0. The van der Waals surface area contributed by atoms with E-state index in [1.54, 1.807) is 0 Å². The number of fused-ring (bicyclic) bond motifs is 7. The second-order valence-electron chi connectivity index (χ2n) is 13.3. The van der Waals surface area contributed by atoms with Crippen molar-refractivity contribution in [2.75, 3.05) is 0 Å². The summed E-state index contributed by atoms with van der Waals surface area (Å²) in [5.41, 5.74) is 9.58. The first-order chi connectivity index (χ1) is 22.2. The Kier molecular flexibility index (Phi) is 9.10. The molecule has 0 amide bonds. The Morgan fingerprint density at radius 2 is 1.40 bits per heavy atom. The number of benzene rings is 5. The van der Waals surface area contributed by atoms with Gasteiger partial charge in [0, 0.05) is 43.3 Å². The smallest absolute Gasteiger partial charge is 0.129 e. The maximum absolute atomic E-state index is 6.66. The Labute approximate surface area is 290 Å². The molecule has 0 aliphatic heterocycles. The van der Waals surface area contributed by atoms with Gasteiger partial charge in [0.25, 0.3) is 0 Å². The van der Waals surface area contributed by atoms with Crippen LogP contribution in [0.3, 0.4) is 0 Å². The van der Waals surface area contributed by atoms with Crippen LogP contribution in [0.15, 0.2) is 120 Å². The molecule has 8 aromatic rings. The zero-order valence-corrected chi connectivity index (χ0v) is 29.7. The van der Waals surface area contributed by atoms with E-state index in [2.05, 4.69) is 112 Å². The van der Waals surface area contributed by atoms with Crippen LogP contribution >= 0.6 is 0 Å². The molecule has 3 nitrogen and oxygen atoms in total. The Bertz CT molecular complexity index is 2330. The molecule has 0 bridgehead atoms. The summed E-state index contributed by atoms with van der Waals surface area (Å²) in [4.78, 5) is 9.10. The fourth-order valence-corrected chi connectivity index (χ4v) is 6.12. The predicted octanol–water partition coefficient (Wildman–Crippen LogP) is 11.5. The molecule has 47 heavy (non-hydrogen) atoms. The molecule has 235 valence electrons. The molecular formula is C43H36IrN2O-2. The molecule has 1 radical (unpaired) electrons. The zero-order valence-electron chi connectivity index (χ0n) is 27.3. The second-order valence-corrected chi connectivity index (χ2v) is 13.3. The van der Waals surface area contributed by atoms with E-state index in [9.17, 15) is 0 Å². The van der Waals surface area contributed by atoms with Crippen molar-refractivity contribution < 1.29 is 24.5 Å². The molecule has 0 atom stereocenters. The Morgan fingerprint density at radius 1 is 0.660 bits per heavy atom. The monoisotopic (exact) mass is 789 g/mol. The first kappa shape index (κ1) is 32.3. The van der Waals surface area contributed by atoms with Crippen molar-refractivity contribution in [3.8, 4) is 22.5 Å². The topological polar surface area (TPSA) is 38.9 Å². The van der Waals surface area contributed by atoms with Gasteiger partial charge < -0.3 is 14.4 Å². The van der Waals surface area contributed by atoms with E-state index in [0.717, 1.165) is 56.3 Å². The van der Waals surface area contributed by atoms with Crippen molar-refractivity contribution >= 4 is 43.5 Å². The summed E-state index contributed by atoms with van der Waals surface area (Å²) in [6.07, 6.45) is 4.85. The molecule has 0 aliphatic carbocycles. The normalized spacial score (nSPS) is 11.4. The van der Waals surface area contributed by atoms with Gasteiger partial charge in [0.15, 0.2) is 0 Å². The zero-order chi connectivity index (χ0) is 31.8. The van der Waals surface area contributed by atoms with Crippen molar-refractivity contribution in [1.82, 2.24) is 9.97 Å². The number of furan rings is 1. The van der Waals surface area contributed by atoms with Gasteiger partial charge in [-0.2, -0.15) is 0 Å². The number of aryl methyl sites for hydroxylation is 2. The minimum Gasteiger partial charge on any atom is -0.500 e. The largest absolute Gasteiger partial charge is 0.500 e. The van der Waals surface area contributed by atoms with Crippen LogP contribution in [0.5, 0.6) is 0 Å². The summed E-state index contributed by atoms with van der Waals surface area (Å²) in [6, 6.07) is 42.0. The maximum atomic E-state index is 6.66. The van der Waals surface area contributed by atoms with E-state index < -0.39 is 0 Å². The van der Waals surface area contributed by atoms with E-state index in [4.69, 9.17) is 9.40 Å². The van der Waals surface area contributed by atoms with E-state index in [1.165, 1.54) is 32.8 Å². The molecule has 0 spiro atoms. The molecule has 3 heterocycles. The number of nitrogens with zero attached hydrogens (tertiary/aromatic N) is 2. The molecule has 0 fully saturated rings. The molecular weight excluding hydrogens is 753 g/mol. The van der Waals surface area contributed by atoms with Gasteiger partial charge in [-0.3, -0.25) is 0 Å². The van der Waals surface area contributed by atoms with Gasteiger partial charge in [-0.05, 0) is 64.4 Å². The fourth-order valence-electron chi connectivity index (χ4n) is 6.12. The van der Waals surface area contributed by atoms with E-state index in [-0.39, 0.29) is 25.5 Å². The Morgan fingerprint density at radius 3 is 2.17 bits per heavy atom. The van der Waals surface area contributed by atoms with Gasteiger partial charge in [0.2, 0.25) is 0 Å². The van der Waals surface area contributed by atoms with E-state index in [0.29, 0.717) is 0 Å². The number of pyridine rings is 2. The standard InChI is InChI=1S/C31H26NO.C12H10N.Ir/c1-19-18-32-27(16-22(19)17-31(2,3)4)26-11-7-10-24-25-15-14-21-13-12-20-8-5-6-9-23(20)28(21)30(25)33-29(24)26;1-10-7-8-12(13-9-10)11-5-3-2-4-6-11;/h5-10,12-16,18H,17H2,1-4H3;2-5,7-9H,1H3;/q2*-1;. The average Bonchev–Trinajstić information content (AvgIpc) is 3.45. The second kappa shape index (κ2) is 13.2. The minimum absolute atomic E-state index is 0. The van der Waals surface area contributed by atoms with Crippen LogP contribution in [-0.2, 0) is 26.5 Å². The number of hydrogen-bond acceptors (Lipinski definition) is 3. The Balaban J connectivity index is 0.000000232. The molecule has 5 aromatic carbocycles. The van der Waals surface area contributed by atoms with Crippen LogP contribution in [0, 0.1) is 31.4 Å². The molecule has 0 aliphatic rings. The van der Waals surface area contributed by atoms with Crippen molar-refractivity contribution in [2.24, 2.45) is 5.41 Å². The fraction of sp³-hybridized carbons (Fsp3) is 0.163. The molecule has 0 saturated heterocycles. The molecule has 8 rings (SSSR count). The predicted molar refractivity (Wildman–Crippen MR) is 192 cm³/mol. The minimum atomic E-state index is 0. The third-order valence-corrected chi connectivity index (χ3v) is 8.39. The summed E-state index contributed by atoms with van der Waals surface area (Å²) < 4.78 is 6.66. The molecule has 0 saturated carbocycles. The quantitative estimate of drug-likeness (QED) is 0.132. The van der Waals surface area contributed by atoms with E-state index in [1.807, 2.05) is 55.7 Å². The van der Waals surface area contributed by atoms with Crippen LogP contribution in [-0.4, -0.2) is 9.97 Å². The molecule has 4 heteroatoms. The van der Waals surface area contributed by atoms with Crippen LogP contribution in [0.4, 0.5) is 0 Å². The number of aromatic nitrogens is 2. The maximum Gasteiger partial charge on any atom is 0.129 e. The van der Waals surface area contributed by atoms with Gasteiger partial charge in [0.05, 0.1) is 5.58 Å². The van der Waals surface area contributed by atoms with Crippen LogP contribution in [0.1, 0.15) is 37.5 Å². The van der Waals surface area contributed by atoms with Crippen LogP contribution in [0.25, 0.3) is 66.0 Å². The Hall–Kier alpha value is -4.63. The number of hydrogen-bond donors (Lipinski definition) is 0. The summed E-state index contributed by atoms with van der Waals surface area (Å²) >= 11 is 0. The van der Waals surface area contributed by atoms with Gasteiger partial charge in [-0.25, -0.2) is 0 Å². The third-order valence-electron chi connectivity index (χ3n) is 8.39. The summed E-state index contributed by atoms with van der Waals surface area (Å²) in [5, 5.41) is 7.02. The van der Waals surface area contributed by atoms with Crippen LogP contribution < -0.4 is 0 Å². The van der Waals surface area contributed by atoms with Gasteiger partial charge in [-0.1, -0.05) is 104 Å². The summed E-state index contributed by atoms with van der Waals surface area (Å²) in [6.45, 7) is 11.0. The first-order valence-electron chi connectivity index (χ1n) is 15.8. The molecule has 0 N–H and O–H groups in total. The average molecular weight is 789 g/mol. The van der Waals surface area contributed by atoms with Gasteiger partial charge in [0.1, 0.15) is 5.58 Å². The van der Waals surface area contributed by atoms with E-state index >= 15 is 0 Å². The number of rotatable bonds is 3. The SMILES string of the molecule is Cc1ccc(-c2[c-]cccc2)nc1.Cc1cnc(-c2[c-]ccc3c2oc2c3ccc3ccc4ccccc4c32)cc1CC(C)(C)C.[Ir]. The molecule has 0 unspecified atom stereocenters. The van der Waals surface area contributed by atoms with Gasteiger partial charge in [-0.15, -0.1) is 54.1 Å². The van der Waals surface area contributed by atoms with Gasteiger partial charge >= 0.3 is 0 Å². The van der Waals surface area contributed by atoms with Crippen molar-refractivity contribution in [3.63, 3.8) is 0 Å². The van der Waals surface area contributed by atoms with Crippen molar-refractivity contribution in [1.29, 1.82) is 0 Å².